The quantitative estimate of drug-likeness (QED) is 0.373. The van der Waals surface area contributed by atoms with Crippen molar-refractivity contribution in [3.63, 3.8) is 0 Å². The van der Waals surface area contributed by atoms with Crippen LogP contribution in [0, 0.1) is 0 Å². The predicted octanol–water partition coefficient (Wildman–Crippen LogP) is -0.547. The highest BCUT2D eigenvalue weighted by Gasteiger charge is 1.92. The molecular formula is C6H16N4S. The Morgan fingerprint density at radius 2 is 1.36 bits per heavy atom. The lowest BCUT2D eigenvalue weighted by Gasteiger charge is -1.95. The summed E-state index contributed by atoms with van der Waals surface area (Å²) in [6.45, 7) is 2.28. The largest absolute Gasteiger partial charge is 0.377 e. The Balaban J connectivity index is 0.000000218. The molecule has 0 unspecified atom stereocenters. The molecule has 1 saturated heterocycles. The molecule has 1 aliphatic rings. The van der Waals surface area contributed by atoms with Crippen LogP contribution >= 0.6 is 12.2 Å². The first-order chi connectivity index (χ1) is 5.23. The topological polar surface area (TPSA) is 76.1 Å². The molecule has 1 heterocycles. The fourth-order valence-corrected chi connectivity index (χ4v) is 0.780. The number of hydrogen-bond acceptors (Lipinski definition) is 3. The van der Waals surface area contributed by atoms with Gasteiger partial charge in [-0.3, -0.25) is 10.9 Å². The summed E-state index contributed by atoms with van der Waals surface area (Å²) in [6, 6.07) is 0. The van der Waals surface area contributed by atoms with Crippen molar-refractivity contribution in [2.75, 3.05) is 13.1 Å². The summed E-state index contributed by atoms with van der Waals surface area (Å²) in [5.74, 6) is 0. The monoisotopic (exact) mass is 176 g/mol. The minimum Gasteiger partial charge on any atom is -0.377 e. The Kier molecular flexibility index (Phi) is 7.44. The first-order valence-electron chi connectivity index (χ1n) is 3.74. The van der Waals surface area contributed by atoms with Gasteiger partial charge in [-0.25, -0.2) is 0 Å². The fraction of sp³-hybridized carbons (Fsp3) is 0.833. The van der Waals surface area contributed by atoms with Crippen molar-refractivity contribution in [1.82, 2.24) is 10.9 Å². The van der Waals surface area contributed by atoms with E-state index in [1.54, 1.807) is 0 Å². The van der Waals surface area contributed by atoms with E-state index in [4.69, 9.17) is 0 Å². The number of thiocarbonyl (C=S) groups is 1. The van der Waals surface area contributed by atoms with Gasteiger partial charge in [-0.2, -0.15) is 0 Å². The molecule has 66 valence electrons. The van der Waals surface area contributed by atoms with E-state index < -0.39 is 0 Å². The Labute approximate surface area is 72.7 Å². The third-order valence-electron chi connectivity index (χ3n) is 1.23. The molecule has 0 amide bonds. The number of hydrazine groups is 1. The molecule has 0 aromatic carbocycles. The van der Waals surface area contributed by atoms with E-state index in [0.717, 1.165) is 13.1 Å². The molecule has 1 fully saturated rings. The van der Waals surface area contributed by atoms with Gasteiger partial charge < -0.3 is 11.5 Å². The molecule has 6 N–H and O–H groups in total. The van der Waals surface area contributed by atoms with Crippen LogP contribution < -0.4 is 22.3 Å². The van der Waals surface area contributed by atoms with E-state index in [2.05, 4.69) is 34.5 Å². The normalized spacial score (nSPS) is 17.5. The van der Waals surface area contributed by atoms with Crippen molar-refractivity contribution in [3.8, 4) is 0 Å². The standard InChI is InChI=1S/C5H12N2.CH4N2S/c1-2-4-6-7-5-3-1;2-1(3)4/h6-7H,1-5H2;(H4,2,3,4). The molecule has 5 heteroatoms. The van der Waals surface area contributed by atoms with Crippen LogP contribution in [0.3, 0.4) is 0 Å². The Bertz CT molecular complexity index is 83.1. The molecule has 1 rings (SSSR count). The lowest BCUT2D eigenvalue weighted by Crippen LogP contribution is -2.30. The first-order valence-corrected chi connectivity index (χ1v) is 4.15. The second-order valence-corrected chi connectivity index (χ2v) is 2.79. The minimum absolute atomic E-state index is 0.000000000000000222. The number of nitrogens with two attached hydrogens (primary N) is 2. The van der Waals surface area contributed by atoms with Gasteiger partial charge >= 0.3 is 0 Å². The zero-order chi connectivity index (χ0) is 8.53. The molecule has 0 aliphatic carbocycles. The number of hydrogen-bond donors (Lipinski definition) is 4. The molecule has 0 atom stereocenters. The lowest BCUT2D eigenvalue weighted by atomic mass is 10.2. The summed E-state index contributed by atoms with van der Waals surface area (Å²) >= 11 is 4.09. The van der Waals surface area contributed by atoms with Gasteiger partial charge in [-0.1, -0.05) is 6.42 Å². The van der Waals surface area contributed by atoms with E-state index in [1.807, 2.05) is 0 Å². The van der Waals surface area contributed by atoms with Crippen molar-refractivity contribution >= 4 is 17.3 Å². The van der Waals surface area contributed by atoms with Gasteiger partial charge in [0.15, 0.2) is 5.11 Å². The van der Waals surface area contributed by atoms with Crippen molar-refractivity contribution in [2.24, 2.45) is 11.5 Å². The Morgan fingerprint density at radius 1 is 1.00 bits per heavy atom. The third kappa shape index (κ3) is 12.7. The maximum atomic E-state index is 4.62. The van der Waals surface area contributed by atoms with Crippen molar-refractivity contribution in [2.45, 2.75) is 19.3 Å². The average Bonchev–Trinajstić information content (AvgIpc) is 2.13. The summed E-state index contributed by atoms with van der Waals surface area (Å²) < 4.78 is 0. The summed E-state index contributed by atoms with van der Waals surface area (Å²) in [6.07, 6.45) is 4.03. The molecule has 0 aromatic rings. The molecule has 0 aromatic heterocycles. The van der Waals surface area contributed by atoms with Crippen molar-refractivity contribution in [3.05, 3.63) is 0 Å². The maximum Gasteiger partial charge on any atom is 0.160 e. The molecule has 4 nitrogen and oxygen atoms in total. The van der Waals surface area contributed by atoms with E-state index >= 15 is 0 Å². The van der Waals surface area contributed by atoms with Gasteiger partial charge in [0, 0.05) is 13.1 Å². The lowest BCUT2D eigenvalue weighted by molar-refractivity contribution is 0.573. The smallest absolute Gasteiger partial charge is 0.160 e. The van der Waals surface area contributed by atoms with Crippen molar-refractivity contribution < 1.29 is 0 Å². The highest BCUT2D eigenvalue weighted by atomic mass is 32.1. The molecular weight excluding hydrogens is 160 g/mol. The van der Waals surface area contributed by atoms with Gasteiger partial charge in [0.05, 0.1) is 0 Å². The zero-order valence-corrected chi connectivity index (χ0v) is 7.41. The van der Waals surface area contributed by atoms with Crippen LogP contribution in [-0.2, 0) is 0 Å². The first kappa shape index (κ1) is 10.6. The van der Waals surface area contributed by atoms with E-state index in [-0.39, 0.29) is 5.11 Å². The summed E-state index contributed by atoms with van der Waals surface area (Å²) in [7, 11) is 0. The van der Waals surface area contributed by atoms with Gasteiger partial charge in [0.25, 0.3) is 0 Å². The van der Waals surface area contributed by atoms with Gasteiger partial charge in [-0.15, -0.1) is 0 Å². The molecule has 1 aliphatic heterocycles. The van der Waals surface area contributed by atoms with Gasteiger partial charge in [0.2, 0.25) is 0 Å². The minimum atomic E-state index is 0.000000000000000222. The second kappa shape index (κ2) is 7.71. The van der Waals surface area contributed by atoms with Gasteiger partial charge in [-0.05, 0) is 25.1 Å². The van der Waals surface area contributed by atoms with Crippen LogP contribution in [0.2, 0.25) is 0 Å². The Morgan fingerprint density at radius 3 is 1.73 bits per heavy atom. The maximum absolute atomic E-state index is 4.62. The van der Waals surface area contributed by atoms with Crippen LogP contribution in [0.15, 0.2) is 0 Å². The Hall–Kier alpha value is -0.390. The third-order valence-corrected chi connectivity index (χ3v) is 1.23. The molecule has 0 bridgehead atoms. The number of rotatable bonds is 0. The molecule has 11 heavy (non-hydrogen) atoms. The highest BCUT2D eigenvalue weighted by Crippen LogP contribution is 1.93. The highest BCUT2D eigenvalue weighted by molar-refractivity contribution is 7.80. The van der Waals surface area contributed by atoms with Gasteiger partial charge in [0.1, 0.15) is 0 Å². The summed E-state index contributed by atoms with van der Waals surface area (Å²) in [5, 5.41) is 0.000000000000000222. The van der Waals surface area contributed by atoms with E-state index in [0.29, 0.717) is 0 Å². The van der Waals surface area contributed by atoms with Crippen LogP contribution in [0.5, 0.6) is 0 Å². The molecule has 0 saturated carbocycles. The molecule has 0 radical (unpaired) electrons. The summed E-state index contributed by atoms with van der Waals surface area (Å²) in [5.41, 5.74) is 15.4. The zero-order valence-electron chi connectivity index (χ0n) is 6.60. The van der Waals surface area contributed by atoms with Crippen molar-refractivity contribution in [1.29, 1.82) is 0 Å². The molecule has 0 spiro atoms. The predicted molar refractivity (Wildman–Crippen MR) is 50.8 cm³/mol. The summed E-state index contributed by atoms with van der Waals surface area (Å²) in [4.78, 5) is 0. The van der Waals surface area contributed by atoms with Crippen LogP contribution in [0.25, 0.3) is 0 Å². The van der Waals surface area contributed by atoms with E-state index in [1.165, 1.54) is 19.3 Å². The van der Waals surface area contributed by atoms with Crippen LogP contribution in [0.4, 0.5) is 0 Å². The van der Waals surface area contributed by atoms with Crippen LogP contribution in [-0.4, -0.2) is 18.2 Å². The second-order valence-electron chi connectivity index (χ2n) is 2.32. The van der Waals surface area contributed by atoms with Crippen LogP contribution in [0.1, 0.15) is 19.3 Å². The fourth-order valence-electron chi connectivity index (χ4n) is 0.780. The van der Waals surface area contributed by atoms with E-state index in [9.17, 15) is 0 Å². The average molecular weight is 176 g/mol. The number of nitrogens with one attached hydrogen (secondary N) is 2. The SMILES string of the molecule is C1CCNNCC1.NC(N)=S.